The molecule has 2 heterocycles. The average Bonchev–Trinajstić information content (AvgIpc) is 2.25. The van der Waals surface area contributed by atoms with Gasteiger partial charge in [0.25, 0.3) is 0 Å². The molecule has 0 fully saturated rings. The number of nitrogens with zero attached hydrogens (tertiary/aromatic N) is 5. The first kappa shape index (κ1) is 14.1. The molecule has 0 aliphatic heterocycles. The molecular weight excluding hydrogens is 270 g/mol. The first-order chi connectivity index (χ1) is 8.69. The van der Waals surface area contributed by atoms with Crippen LogP contribution in [0.5, 0.6) is 0 Å². The van der Waals surface area contributed by atoms with Crippen molar-refractivity contribution in [1.82, 2.24) is 19.9 Å². The molecule has 0 atom stereocenters. The van der Waals surface area contributed by atoms with Gasteiger partial charge in [-0.3, -0.25) is 0 Å². The summed E-state index contributed by atoms with van der Waals surface area (Å²) in [6.45, 7) is 14.0. The minimum Gasteiger partial charge on any atom is -0.394 e. The number of hydrogen-bond donors (Lipinski definition) is 0. The van der Waals surface area contributed by atoms with Crippen molar-refractivity contribution in [2.24, 2.45) is 0 Å². The molecule has 0 amide bonds. The third kappa shape index (κ3) is 2.98. The van der Waals surface area contributed by atoms with Crippen molar-refractivity contribution in [2.45, 2.75) is 39.3 Å². The summed E-state index contributed by atoms with van der Waals surface area (Å²) in [7, 11) is -3.06. The van der Waals surface area contributed by atoms with E-state index in [9.17, 15) is 0 Å². The van der Waals surface area contributed by atoms with Crippen LogP contribution < -0.4 is 4.23 Å². The van der Waals surface area contributed by atoms with Crippen LogP contribution in [0.3, 0.4) is 0 Å². The summed E-state index contributed by atoms with van der Waals surface area (Å²) in [6.07, 6.45) is 5.12. The highest BCUT2D eigenvalue weighted by atomic mass is 28.4. The zero-order chi connectivity index (χ0) is 14.3. The summed E-state index contributed by atoms with van der Waals surface area (Å²) in [5.74, 6) is 0.811. The Labute approximate surface area is 116 Å². The molecule has 0 aliphatic rings. The molecule has 7 heteroatoms. The SMILES string of the molecule is C[Si](C)(C)N(c1ncc2nccnc2n1)[Si](C)(C)C. The highest BCUT2D eigenvalue weighted by Crippen LogP contribution is 2.25. The fourth-order valence-electron chi connectivity index (χ4n) is 2.48. The molecule has 0 bridgehead atoms. The Balaban J connectivity index is 2.57. The van der Waals surface area contributed by atoms with Gasteiger partial charge in [-0.05, 0) is 0 Å². The molecule has 5 nitrogen and oxygen atoms in total. The lowest BCUT2D eigenvalue weighted by Crippen LogP contribution is -2.60. The summed E-state index contributed by atoms with van der Waals surface area (Å²) < 4.78 is 2.48. The Kier molecular flexibility index (Phi) is 3.44. The maximum absolute atomic E-state index is 4.62. The van der Waals surface area contributed by atoms with Crippen LogP contribution in [0, 0.1) is 0 Å². The summed E-state index contributed by atoms with van der Waals surface area (Å²) in [6, 6.07) is 0. The fourth-order valence-corrected chi connectivity index (χ4v) is 11.9. The predicted octanol–water partition coefficient (Wildman–Crippen LogP) is 2.90. The molecule has 0 spiro atoms. The van der Waals surface area contributed by atoms with Crippen molar-refractivity contribution in [3.05, 3.63) is 18.6 Å². The van der Waals surface area contributed by atoms with Gasteiger partial charge in [0.15, 0.2) is 5.65 Å². The van der Waals surface area contributed by atoms with Gasteiger partial charge in [0.1, 0.15) is 22.0 Å². The number of fused-ring (bicyclic) bond motifs is 1. The van der Waals surface area contributed by atoms with Crippen LogP contribution in [0.25, 0.3) is 11.2 Å². The van der Waals surface area contributed by atoms with Crippen molar-refractivity contribution in [1.29, 1.82) is 0 Å². The average molecular weight is 292 g/mol. The van der Waals surface area contributed by atoms with E-state index in [1.54, 1.807) is 18.6 Å². The molecule has 102 valence electrons. The Morgan fingerprint density at radius 2 is 1.42 bits per heavy atom. The Hall–Kier alpha value is -1.35. The van der Waals surface area contributed by atoms with Crippen molar-refractivity contribution in [3.8, 4) is 0 Å². The highest BCUT2D eigenvalue weighted by Gasteiger charge is 2.36. The monoisotopic (exact) mass is 291 g/mol. The van der Waals surface area contributed by atoms with Crippen molar-refractivity contribution in [3.63, 3.8) is 0 Å². The number of anilines is 1. The molecule has 0 aliphatic carbocycles. The van der Waals surface area contributed by atoms with Gasteiger partial charge in [0.05, 0.1) is 6.20 Å². The van der Waals surface area contributed by atoms with Crippen LogP contribution >= 0.6 is 0 Å². The standard InChI is InChI=1S/C12H21N5Si2/c1-18(2,3)17(19(4,5)6)12-15-9-10-11(16-12)14-8-7-13-10/h7-9H,1-6H3. The van der Waals surface area contributed by atoms with Gasteiger partial charge in [-0.2, -0.15) is 4.98 Å². The van der Waals surface area contributed by atoms with Crippen molar-refractivity contribution < 1.29 is 0 Å². The van der Waals surface area contributed by atoms with Gasteiger partial charge in [-0.15, -0.1) is 0 Å². The quantitative estimate of drug-likeness (QED) is 0.814. The van der Waals surface area contributed by atoms with Gasteiger partial charge in [-0.25, -0.2) is 15.0 Å². The second-order valence-electron chi connectivity index (χ2n) is 6.61. The summed E-state index contributed by atoms with van der Waals surface area (Å²) in [4.78, 5) is 17.6. The topological polar surface area (TPSA) is 54.8 Å². The van der Waals surface area contributed by atoms with Crippen molar-refractivity contribution in [2.75, 3.05) is 4.23 Å². The third-order valence-corrected chi connectivity index (χ3v) is 9.86. The number of hydrogen-bond acceptors (Lipinski definition) is 5. The highest BCUT2D eigenvalue weighted by molar-refractivity contribution is 6.99. The first-order valence-electron chi connectivity index (χ1n) is 6.44. The predicted molar refractivity (Wildman–Crippen MR) is 84.3 cm³/mol. The molecule has 0 unspecified atom stereocenters. The number of rotatable bonds is 3. The molecule has 2 aromatic rings. The van der Waals surface area contributed by atoms with Gasteiger partial charge in [-0.1, -0.05) is 39.3 Å². The largest absolute Gasteiger partial charge is 0.394 e. The fraction of sp³-hybridized carbons (Fsp3) is 0.500. The van der Waals surface area contributed by atoms with E-state index in [1.165, 1.54) is 0 Å². The summed E-state index contributed by atoms with van der Waals surface area (Å²) in [5, 5.41) is 0. The zero-order valence-electron chi connectivity index (χ0n) is 12.5. The van der Waals surface area contributed by atoms with E-state index < -0.39 is 16.5 Å². The van der Waals surface area contributed by atoms with Crippen LogP contribution in [0.15, 0.2) is 18.6 Å². The van der Waals surface area contributed by atoms with Crippen LogP contribution in [0.1, 0.15) is 0 Å². The maximum Gasteiger partial charge on any atom is 0.211 e. The second kappa shape index (κ2) is 4.64. The second-order valence-corrected chi connectivity index (χ2v) is 16.6. The van der Waals surface area contributed by atoms with E-state index in [4.69, 9.17) is 0 Å². The van der Waals surface area contributed by atoms with E-state index in [2.05, 4.69) is 63.4 Å². The van der Waals surface area contributed by atoms with Gasteiger partial charge in [0, 0.05) is 12.4 Å². The van der Waals surface area contributed by atoms with E-state index in [0.29, 0.717) is 5.65 Å². The van der Waals surface area contributed by atoms with Gasteiger partial charge in [0.2, 0.25) is 5.95 Å². The molecule has 0 radical (unpaired) electrons. The summed E-state index contributed by atoms with van der Waals surface area (Å²) in [5.41, 5.74) is 1.42. The molecule has 0 saturated heterocycles. The van der Waals surface area contributed by atoms with Crippen molar-refractivity contribution >= 4 is 33.6 Å². The third-order valence-electron chi connectivity index (χ3n) is 2.76. The molecule has 2 rings (SSSR count). The minimum atomic E-state index is -1.53. The zero-order valence-corrected chi connectivity index (χ0v) is 14.5. The molecule has 2 aromatic heterocycles. The lowest BCUT2D eigenvalue weighted by atomic mass is 10.5. The van der Waals surface area contributed by atoms with Gasteiger partial charge >= 0.3 is 0 Å². The lowest BCUT2D eigenvalue weighted by Gasteiger charge is -2.43. The Morgan fingerprint density at radius 3 is 2.00 bits per heavy atom. The molecular formula is C12H21N5Si2. The van der Waals surface area contributed by atoms with Crippen LogP contribution in [0.4, 0.5) is 5.95 Å². The molecule has 19 heavy (non-hydrogen) atoms. The Bertz CT molecular complexity index is 574. The van der Waals surface area contributed by atoms with Crippen LogP contribution in [-0.2, 0) is 0 Å². The van der Waals surface area contributed by atoms with Gasteiger partial charge < -0.3 is 4.23 Å². The lowest BCUT2D eigenvalue weighted by molar-refractivity contribution is 1.11. The summed E-state index contributed by atoms with van der Waals surface area (Å²) >= 11 is 0. The molecule has 0 saturated carbocycles. The van der Waals surface area contributed by atoms with E-state index in [1.807, 2.05) is 0 Å². The van der Waals surface area contributed by atoms with E-state index >= 15 is 0 Å². The number of aromatic nitrogens is 4. The van der Waals surface area contributed by atoms with Crippen LogP contribution in [0.2, 0.25) is 39.3 Å². The maximum atomic E-state index is 4.62. The minimum absolute atomic E-state index is 0.675. The smallest absolute Gasteiger partial charge is 0.211 e. The molecule has 0 aromatic carbocycles. The Morgan fingerprint density at radius 1 is 0.842 bits per heavy atom. The first-order valence-corrected chi connectivity index (χ1v) is 13.3. The van der Waals surface area contributed by atoms with Crippen LogP contribution in [-0.4, -0.2) is 36.4 Å². The van der Waals surface area contributed by atoms with E-state index in [-0.39, 0.29) is 0 Å². The molecule has 0 N–H and O–H groups in total. The normalized spacial score (nSPS) is 12.7. The van der Waals surface area contributed by atoms with E-state index in [0.717, 1.165) is 11.5 Å².